The predicted molar refractivity (Wildman–Crippen MR) is 81.5 cm³/mol. The molecule has 0 aliphatic heterocycles. The minimum Gasteiger partial charge on any atom is -0.369 e. The van der Waals surface area contributed by atoms with E-state index in [0.717, 1.165) is 5.56 Å². The maximum Gasteiger partial charge on any atom is 0.341 e. The van der Waals surface area contributed by atoms with Crippen LogP contribution in [0, 0.1) is 0 Å². The first-order valence-electron chi connectivity index (χ1n) is 6.06. The SMILES string of the molecule is CCC(OCc1ccccc1)N(C)/C(N)=N\C(N)=O.Cl. The molecule has 20 heavy (non-hydrogen) atoms. The van der Waals surface area contributed by atoms with E-state index in [4.69, 9.17) is 16.2 Å². The van der Waals surface area contributed by atoms with E-state index in [-0.39, 0.29) is 24.6 Å². The third-order valence-electron chi connectivity index (χ3n) is 2.65. The van der Waals surface area contributed by atoms with Crippen LogP contribution in [-0.4, -0.2) is 30.2 Å². The maximum atomic E-state index is 10.7. The Labute approximate surface area is 125 Å². The zero-order chi connectivity index (χ0) is 14.3. The largest absolute Gasteiger partial charge is 0.369 e. The second-order valence-corrected chi connectivity index (χ2v) is 4.08. The minimum absolute atomic E-state index is 0. The molecule has 7 heteroatoms. The van der Waals surface area contributed by atoms with Gasteiger partial charge in [0.25, 0.3) is 0 Å². The molecule has 0 saturated heterocycles. The number of amides is 2. The van der Waals surface area contributed by atoms with Crippen molar-refractivity contribution >= 4 is 24.4 Å². The molecule has 0 fully saturated rings. The molecule has 0 bridgehead atoms. The number of ether oxygens (including phenoxy) is 1. The number of benzene rings is 1. The molecule has 1 aromatic rings. The molecule has 0 heterocycles. The molecule has 4 N–H and O–H groups in total. The van der Waals surface area contributed by atoms with Crippen LogP contribution in [0.5, 0.6) is 0 Å². The summed E-state index contributed by atoms with van der Waals surface area (Å²) < 4.78 is 5.75. The van der Waals surface area contributed by atoms with Crippen molar-refractivity contribution in [1.82, 2.24) is 4.90 Å². The Bertz CT molecular complexity index is 439. The smallest absolute Gasteiger partial charge is 0.341 e. The molecule has 1 atom stereocenters. The Hall–Kier alpha value is -1.79. The number of halogens is 1. The van der Waals surface area contributed by atoms with E-state index in [9.17, 15) is 4.79 Å². The van der Waals surface area contributed by atoms with E-state index in [1.807, 2.05) is 37.3 Å². The first-order valence-corrected chi connectivity index (χ1v) is 6.06. The van der Waals surface area contributed by atoms with Gasteiger partial charge in [0.2, 0.25) is 5.96 Å². The lowest BCUT2D eigenvalue weighted by Gasteiger charge is -2.27. The van der Waals surface area contributed by atoms with E-state index in [1.165, 1.54) is 0 Å². The quantitative estimate of drug-likeness (QED) is 0.491. The van der Waals surface area contributed by atoms with Gasteiger partial charge in [-0.2, -0.15) is 4.99 Å². The summed E-state index contributed by atoms with van der Waals surface area (Å²) in [6.45, 7) is 2.43. The maximum absolute atomic E-state index is 10.7. The van der Waals surface area contributed by atoms with Crippen LogP contribution in [0.1, 0.15) is 18.9 Å². The highest BCUT2D eigenvalue weighted by Gasteiger charge is 2.15. The highest BCUT2D eigenvalue weighted by atomic mass is 35.5. The van der Waals surface area contributed by atoms with Crippen molar-refractivity contribution in [3.63, 3.8) is 0 Å². The van der Waals surface area contributed by atoms with Crippen molar-refractivity contribution < 1.29 is 9.53 Å². The first kappa shape index (κ1) is 18.2. The van der Waals surface area contributed by atoms with Gasteiger partial charge in [-0.05, 0) is 12.0 Å². The van der Waals surface area contributed by atoms with Crippen molar-refractivity contribution in [3.8, 4) is 0 Å². The van der Waals surface area contributed by atoms with Crippen molar-refractivity contribution in [3.05, 3.63) is 35.9 Å². The summed E-state index contributed by atoms with van der Waals surface area (Å²) in [7, 11) is 1.71. The monoisotopic (exact) mass is 300 g/mol. The van der Waals surface area contributed by atoms with Gasteiger partial charge < -0.3 is 21.1 Å². The van der Waals surface area contributed by atoms with Gasteiger partial charge in [0, 0.05) is 7.05 Å². The number of nitrogens with two attached hydrogens (primary N) is 2. The molecular formula is C13H21ClN4O2. The molecule has 112 valence electrons. The fraction of sp³-hybridized carbons (Fsp3) is 0.385. The van der Waals surface area contributed by atoms with Gasteiger partial charge in [0.1, 0.15) is 6.23 Å². The van der Waals surface area contributed by atoms with Gasteiger partial charge >= 0.3 is 6.03 Å². The highest BCUT2D eigenvalue weighted by molar-refractivity contribution is 5.90. The third-order valence-corrected chi connectivity index (χ3v) is 2.65. The second kappa shape index (κ2) is 9.17. The summed E-state index contributed by atoms with van der Waals surface area (Å²) in [5, 5.41) is 0. The van der Waals surface area contributed by atoms with Crippen molar-refractivity contribution in [1.29, 1.82) is 0 Å². The fourth-order valence-corrected chi connectivity index (χ4v) is 1.61. The Kier molecular flexibility index (Phi) is 8.35. The minimum atomic E-state index is -0.817. The molecule has 0 spiro atoms. The van der Waals surface area contributed by atoms with Gasteiger partial charge in [-0.25, -0.2) is 4.79 Å². The molecule has 1 rings (SSSR count). The number of carbonyl (C=O) groups excluding carboxylic acids is 1. The number of hydrogen-bond donors (Lipinski definition) is 2. The molecular weight excluding hydrogens is 280 g/mol. The number of nitrogens with zero attached hydrogens (tertiary/aromatic N) is 2. The summed E-state index contributed by atoms with van der Waals surface area (Å²) in [5.74, 6) is 0.0485. The van der Waals surface area contributed by atoms with Crippen molar-refractivity contribution in [2.24, 2.45) is 16.5 Å². The van der Waals surface area contributed by atoms with Crippen LogP contribution in [0.25, 0.3) is 0 Å². The summed E-state index contributed by atoms with van der Waals surface area (Å²) >= 11 is 0. The second-order valence-electron chi connectivity index (χ2n) is 4.08. The molecule has 1 aromatic carbocycles. The molecule has 6 nitrogen and oxygen atoms in total. The van der Waals surface area contributed by atoms with Crippen LogP contribution in [0.2, 0.25) is 0 Å². The number of guanidine groups is 1. The average Bonchev–Trinajstić information content (AvgIpc) is 2.39. The average molecular weight is 301 g/mol. The van der Waals surface area contributed by atoms with E-state index >= 15 is 0 Å². The lowest BCUT2D eigenvalue weighted by atomic mass is 10.2. The van der Waals surface area contributed by atoms with Crippen LogP contribution >= 0.6 is 12.4 Å². The Morgan fingerprint density at radius 3 is 2.45 bits per heavy atom. The molecule has 0 aliphatic rings. The van der Waals surface area contributed by atoms with Gasteiger partial charge in [0.15, 0.2) is 0 Å². The number of primary amides is 1. The van der Waals surface area contributed by atoms with Gasteiger partial charge in [-0.3, -0.25) is 0 Å². The Morgan fingerprint density at radius 1 is 1.35 bits per heavy atom. The van der Waals surface area contributed by atoms with E-state index < -0.39 is 6.03 Å². The number of carbonyl (C=O) groups is 1. The summed E-state index contributed by atoms with van der Waals surface area (Å²) in [5.41, 5.74) is 11.7. The number of aliphatic imine (C=N–C) groups is 1. The molecule has 1 unspecified atom stereocenters. The third kappa shape index (κ3) is 5.90. The zero-order valence-corrected chi connectivity index (χ0v) is 12.5. The number of hydrogen-bond acceptors (Lipinski definition) is 2. The molecule has 0 aliphatic carbocycles. The van der Waals surface area contributed by atoms with Crippen LogP contribution in [-0.2, 0) is 11.3 Å². The van der Waals surface area contributed by atoms with Gasteiger partial charge in [-0.1, -0.05) is 37.3 Å². The van der Waals surface area contributed by atoms with Gasteiger partial charge in [-0.15, -0.1) is 12.4 Å². The van der Waals surface area contributed by atoms with Crippen molar-refractivity contribution in [2.75, 3.05) is 7.05 Å². The standard InChI is InChI=1S/C13H20N4O2.ClH/c1-3-11(17(2)12(14)16-13(15)18)19-9-10-7-5-4-6-8-10;/h4-8,11H,3,9H2,1-2H3,(H4,14,15,16,18);1H. The number of urea groups is 1. The number of rotatable bonds is 5. The van der Waals surface area contributed by atoms with Crippen LogP contribution in [0.15, 0.2) is 35.3 Å². The van der Waals surface area contributed by atoms with E-state index in [1.54, 1.807) is 11.9 Å². The fourth-order valence-electron chi connectivity index (χ4n) is 1.61. The molecule has 0 saturated carbocycles. The highest BCUT2D eigenvalue weighted by Crippen LogP contribution is 2.08. The van der Waals surface area contributed by atoms with Crippen molar-refractivity contribution in [2.45, 2.75) is 26.2 Å². The lowest BCUT2D eigenvalue weighted by molar-refractivity contribution is -0.0296. The summed E-state index contributed by atoms with van der Waals surface area (Å²) in [6.07, 6.45) is 0.446. The Balaban J connectivity index is 0.00000361. The Morgan fingerprint density at radius 2 is 1.95 bits per heavy atom. The lowest BCUT2D eigenvalue weighted by Crippen LogP contribution is -2.43. The molecule has 2 amide bonds. The molecule has 0 radical (unpaired) electrons. The predicted octanol–water partition coefficient (Wildman–Crippen LogP) is 1.69. The van der Waals surface area contributed by atoms with Crippen LogP contribution in [0.4, 0.5) is 4.79 Å². The van der Waals surface area contributed by atoms with Crippen LogP contribution in [0.3, 0.4) is 0 Å². The summed E-state index contributed by atoms with van der Waals surface area (Å²) in [6, 6.07) is 8.99. The molecule has 0 aromatic heterocycles. The van der Waals surface area contributed by atoms with Crippen LogP contribution < -0.4 is 11.5 Å². The van der Waals surface area contributed by atoms with E-state index in [0.29, 0.717) is 13.0 Å². The van der Waals surface area contributed by atoms with Gasteiger partial charge in [0.05, 0.1) is 6.61 Å². The normalized spacial score (nSPS) is 12.4. The first-order chi connectivity index (χ1) is 9.04. The summed E-state index contributed by atoms with van der Waals surface area (Å²) in [4.78, 5) is 15.8. The zero-order valence-electron chi connectivity index (χ0n) is 11.7. The topological polar surface area (TPSA) is 93.9 Å². The van der Waals surface area contributed by atoms with E-state index in [2.05, 4.69) is 4.99 Å².